The zero-order valence-corrected chi connectivity index (χ0v) is 61.8. The van der Waals surface area contributed by atoms with Crippen molar-refractivity contribution in [2.75, 3.05) is 26.4 Å². The van der Waals surface area contributed by atoms with Gasteiger partial charge in [0, 0.05) is 19.3 Å². The highest BCUT2D eigenvalue weighted by molar-refractivity contribution is 7.47. The summed E-state index contributed by atoms with van der Waals surface area (Å²) in [6, 6.07) is 0. The third-order valence-electron chi connectivity index (χ3n) is 19.4. The normalized spacial score (nSPS) is 27.8. The molecule has 2 saturated heterocycles. The van der Waals surface area contributed by atoms with Crippen LogP contribution in [0.2, 0.25) is 0 Å². The van der Waals surface area contributed by atoms with Gasteiger partial charge in [-0.05, 0) is 50.9 Å². The van der Waals surface area contributed by atoms with Crippen molar-refractivity contribution in [3.8, 4) is 0 Å². The van der Waals surface area contributed by atoms with Crippen LogP contribution < -0.4 is 0 Å². The second kappa shape index (κ2) is 55.2. The fraction of sp³-hybridized carbons (Fsp3) is 0.932. The number of unbranched alkanes of at least 4 members (excludes halogenated alkanes) is 33. The van der Waals surface area contributed by atoms with Crippen LogP contribution in [-0.4, -0.2) is 204 Å². The first kappa shape index (κ1) is 90.9. The molecule has 0 aromatic heterocycles. The number of phosphoric acid groups is 1. The van der Waals surface area contributed by atoms with Crippen molar-refractivity contribution in [1.29, 1.82) is 0 Å². The van der Waals surface area contributed by atoms with Crippen LogP contribution in [0.4, 0.5) is 0 Å². The number of carbonyl (C=O) groups excluding carboxylic acids is 3. The highest BCUT2D eigenvalue weighted by Crippen LogP contribution is 2.49. The molecule has 3 fully saturated rings. The van der Waals surface area contributed by atoms with E-state index >= 15 is 0 Å². The number of carbonyl (C=O) groups is 3. The lowest BCUT2D eigenvalue weighted by molar-refractivity contribution is -0.360. The number of ether oxygens (including phenoxy) is 7. The molecule has 24 nitrogen and oxygen atoms in total. The second-order valence-corrected chi connectivity index (χ2v) is 29.8. The summed E-state index contributed by atoms with van der Waals surface area (Å²) in [6.07, 6.45) is 12.7. The largest absolute Gasteiger partial charge is 0.472 e. The zero-order chi connectivity index (χ0) is 72.6. The molecular weight excluding hydrogens is 1300 g/mol. The van der Waals surface area contributed by atoms with E-state index in [0.29, 0.717) is 25.2 Å². The average Bonchev–Trinajstić information content (AvgIpc) is 0.761. The summed E-state index contributed by atoms with van der Waals surface area (Å²) in [6.45, 7) is 5.77. The third-order valence-corrected chi connectivity index (χ3v) is 20.4. The molecule has 19 unspecified atom stereocenters. The summed E-state index contributed by atoms with van der Waals surface area (Å²) in [5.74, 6) is -1.32. The Balaban J connectivity index is 1.74. The van der Waals surface area contributed by atoms with E-state index in [1.54, 1.807) is 0 Å². The number of rotatable bonds is 60. The predicted octanol–water partition coefficient (Wildman–Crippen LogP) is 11.0. The molecule has 0 bridgehead atoms. The number of hydrogen-bond donors (Lipinski definition) is 11. The Hall–Kier alpha value is -2.30. The fourth-order valence-electron chi connectivity index (χ4n) is 13.0. The van der Waals surface area contributed by atoms with E-state index in [4.69, 9.17) is 42.2 Å². The molecule has 3 aliphatic rings. The van der Waals surface area contributed by atoms with Gasteiger partial charge in [0.15, 0.2) is 18.7 Å². The maximum Gasteiger partial charge on any atom is 0.472 e. The number of allylic oxidation sites excluding steroid dienone is 2. The van der Waals surface area contributed by atoms with E-state index in [1.165, 1.54) is 148 Å². The molecule has 2 heterocycles. The average molecular weight is 1440 g/mol. The van der Waals surface area contributed by atoms with Crippen LogP contribution in [0, 0.1) is 5.92 Å². The molecule has 19 atom stereocenters. The van der Waals surface area contributed by atoms with Crippen molar-refractivity contribution in [2.24, 2.45) is 5.92 Å². The van der Waals surface area contributed by atoms with Gasteiger partial charge in [0.2, 0.25) is 0 Å². The van der Waals surface area contributed by atoms with Crippen LogP contribution in [0.3, 0.4) is 0 Å². The van der Waals surface area contributed by atoms with E-state index in [-0.39, 0.29) is 19.3 Å². The summed E-state index contributed by atoms with van der Waals surface area (Å²) in [5.41, 5.74) is 0. The molecule has 1 aliphatic carbocycles. The first-order valence-electron chi connectivity index (χ1n) is 38.9. The van der Waals surface area contributed by atoms with Gasteiger partial charge in [-0.25, -0.2) is 4.57 Å². The lowest BCUT2D eigenvalue weighted by Crippen LogP contribution is -2.69. The van der Waals surface area contributed by atoms with Crippen molar-refractivity contribution in [3.63, 3.8) is 0 Å². The van der Waals surface area contributed by atoms with E-state index < -0.39 is 156 Å². The molecule has 0 aromatic carbocycles. The summed E-state index contributed by atoms with van der Waals surface area (Å²) in [4.78, 5) is 51.1. The van der Waals surface area contributed by atoms with Crippen LogP contribution >= 0.6 is 7.82 Å². The monoisotopic (exact) mass is 1440 g/mol. The Morgan fingerprint density at radius 3 is 1.20 bits per heavy atom. The predicted molar refractivity (Wildman–Crippen MR) is 375 cm³/mol. The van der Waals surface area contributed by atoms with Gasteiger partial charge in [-0.15, -0.1) is 0 Å². The van der Waals surface area contributed by atoms with Gasteiger partial charge in [-0.3, -0.25) is 23.4 Å². The topological polar surface area (TPSA) is 374 Å². The van der Waals surface area contributed by atoms with Gasteiger partial charge in [-0.1, -0.05) is 252 Å². The van der Waals surface area contributed by atoms with Crippen LogP contribution in [-0.2, 0) is 61.2 Å². The summed E-state index contributed by atoms with van der Waals surface area (Å²) in [7, 11) is -5.70. The van der Waals surface area contributed by atoms with E-state index in [9.17, 15) is 74.9 Å². The smallest absolute Gasteiger partial charge is 0.463 e. The summed E-state index contributed by atoms with van der Waals surface area (Å²) in [5, 5.41) is 110. The molecule has 0 aromatic rings. The number of aliphatic hydroxyl groups is 10. The molecular formula is C74H137O24P. The van der Waals surface area contributed by atoms with E-state index in [1.807, 2.05) is 0 Å². The molecule has 0 spiro atoms. The highest BCUT2D eigenvalue weighted by atomic mass is 31.2. The molecule has 1 saturated carbocycles. The lowest BCUT2D eigenvalue weighted by Gasteiger charge is -2.49. The Labute approximate surface area is 592 Å². The van der Waals surface area contributed by atoms with Gasteiger partial charge in [0.05, 0.1) is 13.2 Å². The minimum atomic E-state index is -5.70. The fourth-order valence-corrected chi connectivity index (χ4v) is 14.0. The maximum atomic E-state index is 14.4. The Morgan fingerprint density at radius 1 is 0.414 bits per heavy atom. The van der Waals surface area contributed by atoms with Gasteiger partial charge in [-0.2, -0.15) is 0 Å². The SMILES string of the molecule is CCCCCCCCC/C=C\CCCCCC(=O)OCC1OC(OC2C(O)C(O)C(O)C(OC3OC(CO)C(O)C(O)C3O)C2OP(=O)(O)OCC(COC(=O)CCCCCCCCCCCCCCCC)OC(=O)CCCCCCCCC(C)CCCCCCCC)C(O)C(O)C1O. The number of hydrogen-bond acceptors (Lipinski definition) is 23. The number of phosphoric ester groups is 1. The number of aliphatic hydroxyl groups excluding tert-OH is 10. The molecule has 0 radical (unpaired) electrons. The highest BCUT2D eigenvalue weighted by Gasteiger charge is 2.58. The molecule has 0 amide bonds. The van der Waals surface area contributed by atoms with Gasteiger partial charge in [0.25, 0.3) is 0 Å². The minimum Gasteiger partial charge on any atom is -0.463 e. The van der Waals surface area contributed by atoms with Gasteiger partial charge < -0.3 is 89.1 Å². The van der Waals surface area contributed by atoms with Crippen molar-refractivity contribution in [3.05, 3.63) is 12.2 Å². The summed E-state index contributed by atoms with van der Waals surface area (Å²) < 4.78 is 65.1. The van der Waals surface area contributed by atoms with Crippen molar-refractivity contribution < 1.29 is 117 Å². The zero-order valence-electron chi connectivity index (χ0n) is 61.0. The molecule has 582 valence electrons. The first-order valence-corrected chi connectivity index (χ1v) is 40.4. The van der Waals surface area contributed by atoms with Crippen molar-refractivity contribution >= 4 is 25.7 Å². The Kier molecular flexibility index (Phi) is 50.7. The van der Waals surface area contributed by atoms with Crippen molar-refractivity contribution in [1.82, 2.24) is 0 Å². The van der Waals surface area contributed by atoms with Crippen LogP contribution in [0.25, 0.3) is 0 Å². The second-order valence-electron chi connectivity index (χ2n) is 28.3. The molecule has 3 rings (SSSR count). The Bertz CT molecular complexity index is 2110. The first-order chi connectivity index (χ1) is 47.7. The Morgan fingerprint density at radius 2 is 0.768 bits per heavy atom. The third kappa shape index (κ3) is 38.5. The standard InChI is InChI=1S/C74H137O24P/c1-5-8-11-14-17-19-21-23-25-27-29-31-37-42-47-58(76)90-51-55(93-60(78)49-44-39-34-33-36-41-46-54(4)45-40-35-16-13-10-7-3)52-92-99(88,89)98-72-70(96-73-68(86)63(81)61(79)56(50-75)94-73)66(84)65(83)67(85)71(72)97-74-69(87)64(82)62(80)57(95-74)53-91-59(77)48-43-38-32-30-28-26-24-22-20-18-15-12-9-6-2/h26,28,54-57,61-75,79-87H,5-25,27,29-53H2,1-4H3,(H,88,89)/b28-26-. The van der Waals surface area contributed by atoms with E-state index in [0.717, 1.165) is 89.9 Å². The lowest BCUT2D eigenvalue weighted by atomic mass is 9.84. The molecule has 11 N–H and O–H groups in total. The van der Waals surface area contributed by atoms with Crippen molar-refractivity contribution in [2.45, 2.75) is 408 Å². The molecule has 25 heteroatoms. The minimum absolute atomic E-state index is 0.00923. The quantitative estimate of drug-likeness (QED) is 0.00886. The van der Waals surface area contributed by atoms with Crippen LogP contribution in [0.15, 0.2) is 12.2 Å². The maximum absolute atomic E-state index is 14.4. The van der Waals surface area contributed by atoms with E-state index in [2.05, 4.69) is 39.8 Å². The summed E-state index contributed by atoms with van der Waals surface area (Å²) >= 11 is 0. The molecule has 99 heavy (non-hydrogen) atoms. The van der Waals surface area contributed by atoms with Gasteiger partial charge in [0.1, 0.15) is 98.7 Å². The number of esters is 3. The van der Waals surface area contributed by atoms with Crippen LogP contribution in [0.1, 0.15) is 304 Å². The molecule has 2 aliphatic heterocycles. The van der Waals surface area contributed by atoms with Crippen LogP contribution in [0.5, 0.6) is 0 Å². The van der Waals surface area contributed by atoms with Gasteiger partial charge >= 0.3 is 25.7 Å².